The minimum absolute atomic E-state index is 0. The fourth-order valence-electron chi connectivity index (χ4n) is 2.75. The Morgan fingerprint density at radius 2 is 2.04 bits per heavy atom. The number of pyridine rings is 1. The topological polar surface area (TPSA) is 37.4 Å². The van der Waals surface area contributed by atoms with E-state index in [9.17, 15) is 0 Å². The molecule has 1 fully saturated rings. The Morgan fingerprint density at radius 1 is 1.22 bits per heavy atom. The van der Waals surface area contributed by atoms with Crippen molar-refractivity contribution in [1.82, 2.24) is 15.2 Å². The number of hydrogen-bond donors (Lipinski definition) is 1. The van der Waals surface area contributed by atoms with Crippen molar-refractivity contribution in [1.29, 1.82) is 0 Å². The summed E-state index contributed by atoms with van der Waals surface area (Å²) in [6.45, 7) is 7.05. The fraction of sp³-hybridized carbons (Fsp3) is 0.389. The Balaban J connectivity index is 0.00000192. The highest BCUT2D eigenvalue weighted by atomic mass is 35.5. The molecule has 2 heterocycles. The van der Waals surface area contributed by atoms with Crippen LogP contribution in [0.25, 0.3) is 0 Å². The standard InChI is InChI=1S/C18H23N3O.ClH/c1-15-12-21(11-10-19-15)13-16-5-7-18(8-6-16)22-14-17-4-2-3-9-20-17;/h2-9,15,19H,10-14H2,1H3;1H/t15-;/m1./s1. The van der Waals surface area contributed by atoms with Crippen molar-refractivity contribution >= 4 is 12.4 Å². The summed E-state index contributed by atoms with van der Waals surface area (Å²) in [6, 6.07) is 14.8. The summed E-state index contributed by atoms with van der Waals surface area (Å²) in [4.78, 5) is 6.75. The molecule has 1 aromatic heterocycles. The van der Waals surface area contributed by atoms with Gasteiger partial charge >= 0.3 is 0 Å². The zero-order valence-electron chi connectivity index (χ0n) is 13.4. The highest BCUT2D eigenvalue weighted by Crippen LogP contribution is 2.15. The summed E-state index contributed by atoms with van der Waals surface area (Å²) in [5.41, 5.74) is 2.28. The molecule has 0 amide bonds. The summed E-state index contributed by atoms with van der Waals surface area (Å²) >= 11 is 0. The number of halogens is 1. The second kappa shape index (κ2) is 8.87. The van der Waals surface area contributed by atoms with Crippen LogP contribution in [-0.4, -0.2) is 35.6 Å². The molecule has 124 valence electrons. The molecule has 5 heteroatoms. The van der Waals surface area contributed by atoms with E-state index in [4.69, 9.17) is 4.74 Å². The van der Waals surface area contributed by atoms with E-state index in [2.05, 4.69) is 34.3 Å². The van der Waals surface area contributed by atoms with Gasteiger partial charge in [0, 0.05) is 38.4 Å². The smallest absolute Gasteiger partial charge is 0.130 e. The van der Waals surface area contributed by atoms with Crippen molar-refractivity contribution in [3.05, 3.63) is 59.9 Å². The number of aromatic nitrogens is 1. The third kappa shape index (κ3) is 5.50. The summed E-state index contributed by atoms with van der Waals surface area (Å²) in [6.07, 6.45) is 1.79. The molecule has 0 aliphatic carbocycles. The van der Waals surface area contributed by atoms with Crippen LogP contribution >= 0.6 is 12.4 Å². The van der Waals surface area contributed by atoms with E-state index in [0.29, 0.717) is 12.6 Å². The predicted octanol–water partition coefficient (Wildman–Crippen LogP) is 2.88. The van der Waals surface area contributed by atoms with Crippen LogP contribution in [0.5, 0.6) is 5.75 Å². The lowest BCUT2D eigenvalue weighted by atomic mass is 10.1. The van der Waals surface area contributed by atoms with Crippen LogP contribution in [0.3, 0.4) is 0 Å². The first-order valence-corrected chi connectivity index (χ1v) is 7.87. The van der Waals surface area contributed by atoms with Crippen LogP contribution in [0.2, 0.25) is 0 Å². The third-order valence-corrected chi connectivity index (χ3v) is 3.90. The molecule has 0 radical (unpaired) electrons. The molecule has 1 N–H and O–H groups in total. The van der Waals surface area contributed by atoms with Crippen molar-refractivity contribution in [3.8, 4) is 5.75 Å². The maximum absolute atomic E-state index is 5.77. The van der Waals surface area contributed by atoms with Gasteiger partial charge in [-0.3, -0.25) is 9.88 Å². The second-order valence-corrected chi connectivity index (χ2v) is 5.84. The zero-order chi connectivity index (χ0) is 15.2. The first-order valence-electron chi connectivity index (χ1n) is 7.87. The van der Waals surface area contributed by atoms with E-state index < -0.39 is 0 Å². The van der Waals surface area contributed by atoms with Gasteiger partial charge in [0.05, 0.1) is 5.69 Å². The van der Waals surface area contributed by atoms with Gasteiger partial charge in [-0.15, -0.1) is 12.4 Å². The highest BCUT2D eigenvalue weighted by molar-refractivity contribution is 5.85. The first-order chi connectivity index (χ1) is 10.8. The van der Waals surface area contributed by atoms with E-state index in [1.807, 2.05) is 30.3 Å². The highest BCUT2D eigenvalue weighted by Gasteiger charge is 2.15. The molecule has 1 aliphatic heterocycles. The van der Waals surface area contributed by atoms with Gasteiger partial charge in [0.2, 0.25) is 0 Å². The third-order valence-electron chi connectivity index (χ3n) is 3.90. The summed E-state index contributed by atoms with van der Waals surface area (Å²) < 4.78 is 5.77. The Kier molecular flexibility index (Phi) is 6.84. The molecule has 0 spiro atoms. The summed E-state index contributed by atoms with van der Waals surface area (Å²) in [5.74, 6) is 0.892. The van der Waals surface area contributed by atoms with Gasteiger partial charge in [-0.2, -0.15) is 0 Å². The molecular weight excluding hydrogens is 310 g/mol. The van der Waals surface area contributed by atoms with Crippen LogP contribution in [0.15, 0.2) is 48.7 Å². The molecule has 0 saturated carbocycles. The normalized spacial score (nSPS) is 18.2. The Bertz CT molecular complexity index is 577. The van der Waals surface area contributed by atoms with Gasteiger partial charge in [0.1, 0.15) is 12.4 Å². The number of ether oxygens (including phenoxy) is 1. The zero-order valence-corrected chi connectivity index (χ0v) is 14.3. The monoisotopic (exact) mass is 333 g/mol. The van der Waals surface area contributed by atoms with E-state index >= 15 is 0 Å². The van der Waals surface area contributed by atoms with Crippen molar-refractivity contribution in [2.24, 2.45) is 0 Å². The quantitative estimate of drug-likeness (QED) is 0.913. The van der Waals surface area contributed by atoms with Gasteiger partial charge in [0.15, 0.2) is 0 Å². The van der Waals surface area contributed by atoms with Crippen molar-refractivity contribution in [2.75, 3.05) is 19.6 Å². The van der Waals surface area contributed by atoms with Crippen LogP contribution in [0, 0.1) is 0 Å². The molecule has 0 unspecified atom stereocenters. The Hall–Kier alpha value is -1.62. The van der Waals surface area contributed by atoms with Gasteiger partial charge in [-0.05, 0) is 36.8 Å². The first kappa shape index (κ1) is 17.7. The van der Waals surface area contributed by atoms with Crippen LogP contribution < -0.4 is 10.1 Å². The number of piperazine rings is 1. The summed E-state index contributed by atoms with van der Waals surface area (Å²) in [5, 5.41) is 3.47. The predicted molar refractivity (Wildman–Crippen MR) is 95.0 cm³/mol. The van der Waals surface area contributed by atoms with E-state index in [1.54, 1.807) is 6.20 Å². The molecule has 4 nitrogen and oxygen atoms in total. The Labute approximate surface area is 144 Å². The second-order valence-electron chi connectivity index (χ2n) is 5.84. The van der Waals surface area contributed by atoms with Crippen LogP contribution in [0.4, 0.5) is 0 Å². The van der Waals surface area contributed by atoms with E-state index in [0.717, 1.165) is 37.6 Å². The number of benzene rings is 1. The van der Waals surface area contributed by atoms with Crippen LogP contribution in [-0.2, 0) is 13.2 Å². The van der Waals surface area contributed by atoms with Gasteiger partial charge in [0.25, 0.3) is 0 Å². The molecule has 1 aromatic carbocycles. The van der Waals surface area contributed by atoms with Gasteiger partial charge in [-0.1, -0.05) is 18.2 Å². The number of hydrogen-bond acceptors (Lipinski definition) is 4. The lowest BCUT2D eigenvalue weighted by Gasteiger charge is -2.31. The maximum Gasteiger partial charge on any atom is 0.130 e. The lowest BCUT2D eigenvalue weighted by molar-refractivity contribution is 0.199. The molecule has 1 saturated heterocycles. The Morgan fingerprint density at radius 3 is 2.74 bits per heavy atom. The summed E-state index contributed by atoms with van der Waals surface area (Å²) in [7, 11) is 0. The van der Waals surface area contributed by atoms with E-state index in [1.165, 1.54) is 5.56 Å². The SMILES string of the molecule is C[C@@H]1CN(Cc2ccc(OCc3ccccn3)cc2)CCN1.Cl. The maximum atomic E-state index is 5.77. The van der Waals surface area contributed by atoms with Gasteiger partial charge < -0.3 is 10.1 Å². The van der Waals surface area contributed by atoms with Crippen molar-refractivity contribution in [2.45, 2.75) is 26.1 Å². The number of nitrogens with one attached hydrogen (secondary N) is 1. The fourth-order valence-corrected chi connectivity index (χ4v) is 2.75. The van der Waals surface area contributed by atoms with Crippen molar-refractivity contribution < 1.29 is 4.74 Å². The minimum Gasteiger partial charge on any atom is -0.487 e. The van der Waals surface area contributed by atoms with Crippen molar-refractivity contribution in [3.63, 3.8) is 0 Å². The average molecular weight is 334 g/mol. The van der Waals surface area contributed by atoms with E-state index in [-0.39, 0.29) is 12.4 Å². The van der Waals surface area contributed by atoms with Gasteiger partial charge in [-0.25, -0.2) is 0 Å². The molecule has 1 atom stereocenters. The molecule has 2 aromatic rings. The molecule has 1 aliphatic rings. The molecular formula is C18H24ClN3O. The largest absolute Gasteiger partial charge is 0.487 e. The number of nitrogens with zero attached hydrogens (tertiary/aromatic N) is 2. The molecule has 0 bridgehead atoms. The minimum atomic E-state index is 0. The lowest BCUT2D eigenvalue weighted by Crippen LogP contribution is -2.48. The van der Waals surface area contributed by atoms with Crippen LogP contribution in [0.1, 0.15) is 18.2 Å². The average Bonchev–Trinajstić information content (AvgIpc) is 2.55. The number of rotatable bonds is 5. The molecule has 23 heavy (non-hydrogen) atoms. The molecule has 3 rings (SSSR count).